The molecule has 0 nitrogen and oxygen atoms in total. The van der Waals surface area contributed by atoms with Crippen molar-refractivity contribution in [2.45, 2.75) is 0 Å². The van der Waals surface area contributed by atoms with Crippen molar-refractivity contribution >= 4 is 37.7 Å². The van der Waals surface area contributed by atoms with Crippen molar-refractivity contribution in [3.63, 3.8) is 0 Å². The van der Waals surface area contributed by atoms with Gasteiger partial charge in [0.2, 0.25) is 0 Å². The van der Waals surface area contributed by atoms with Crippen LogP contribution in [0.2, 0.25) is 0 Å². The van der Waals surface area contributed by atoms with E-state index in [1.54, 1.807) is 0 Å². The topological polar surface area (TPSA) is 0 Å². The maximum Gasteiger partial charge on any atom is 2.00 e. The van der Waals surface area contributed by atoms with E-state index in [4.69, 9.17) is 0 Å². The molecule has 4 heavy (non-hydrogen) atoms. The first kappa shape index (κ1) is 26.0. The molecule has 0 fully saturated rings. The third kappa shape index (κ3) is 9.08. The van der Waals surface area contributed by atoms with Crippen LogP contribution >= 0.6 is 0 Å². The maximum absolute atomic E-state index is 0. The van der Waals surface area contributed by atoms with Crippen LogP contribution in [0.5, 0.6) is 0 Å². The molecule has 0 bridgehead atoms. The Morgan fingerprint density at radius 2 is 1.00 bits per heavy atom. The first-order valence-corrected chi connectivity index (χ1v) is 0. The second-order valence-corrected chi connectivity index (χ2v) is 0. The Hall–Kier alpha value is 3.47. The molecule has 0 saturated heterocycles. The summed E-state index contributed by atoms with van der Waals surface area (Å²) in [5, 5.41) is 0. The maximum atomic E-state index is 0. The van der Waals surface area contributed by atoms with Crippen LogP contribution in [0.15, 0.2) is 0 Å². The monoisotopic (exact) mass is 269 g/mol. The SMILES string of the molecule is [Br-].[Ca+2].[I-].[Na+]. The minimum atomic E-state index is 0. The second kappa shape index (κ2) is 16.1. The van der Waals surface area contributed by atoms with E-state index < -0.39 is 0 Å². The Morgan fingerprint density at radius 3 is 1.00 bits per heavy atom. The van der Waals surface area contributed by atoms with Crippen molar-refractivity contribution < 1.29 is 70.5 Å². The van der Waals surface area contributed by atoms with Gasteiger partial charge in [0.25, 0.3) is 0 Å². The van der Waals surface area contributed by atoms with E-state index in [0.29, 0.717) is 0 Å². The summed E-state index contributed by atoms with van der Waals surface area (Å²) >= 11 is 0. The standard InChI is InChI=1S/BrH.Ca.HI.Na/h1H;;1H;/q;+2;;+1/p-2. The van der Waals surface area contributed by atoms with Crippen molar-refractivity contribution in [1.29, 1.82) is 0 Å². The van der Waals surface area contributed by atoms with E-state index in [2.05, 4.69) is 0 Å². The van der Waals surface area contributed by atoms with Crippen LogP contribution in [0.1, 0.15) is 0 Å². The zero-order valence-electron chi connectivity index (χ0n) is 2.46. The molecule has 0 N–H and O–H groups in total. The normalized spacial score (nSPS) is 0. The van der Waals surface area contributed by atoms with Gasteiger partial charge in [-0.2, -0.15) is 0 Å². The van der Waals surface area contributed by atoms with E-state index >= 15 is 0 Å². The van der Waals surface area contributed by atoms with Crippen LogP contribution in [0.25, 0.3) is 0 Å². The summed E-state index contributed by atoms with van der Waals surface area (Å²) in [7, 11) is 0. The van der Waals surface area contributed by atoms with Crippen molar-refractivity contribution in [1.82, 2.24) is 0 Å². The van der Waals surface area contributed by atoms with Crippen molar-refractivity contribution in [3.05, 3.63) is 0 Å². The molecular formula is BrCaINa+. The molecule has 0 aliphatic heterocycles. The van der Waals surface area contributed by atoms with Gasteiger partial charge in [0.05, 0.1) is 0 Å². The van der Waals surface area contributed by atoms with Crippen LogP contribution in [0.4, 0.5) is 0 Å². The van der Waals surface area contributed by atoms with Gasteiger partial charge in [-0.3, -0.25) is 0 Å². The summed E-state index contributed by atoms with van der Waals surface area (Å²) in [5.41, 5.74) is 0. The third-order valence-electron chi connectivity index (χ3n) is 0. The molecule has 0 saturated carbocycles. The smallest absolute Gasteiger partial charge is 1.00 e. The molecule has 0 unspecified atom stereocenters. The fourth-order valence-electron chi connectivity index (χ4n) is 0. The molecule has 0 rings (SSSR count). The van der Waals surface area contributed by atoms with E-state index in [1.165, 1.54) is 0 Å². The Morgan fingerprint density at radius 1 is 1.00 bits per heavy atom. The van der Waals surface area contributed by atoms with Crippen LogP contribution < -0.4 is 70.5 Å². The zero-order valence-corrected chi connectivity index (χ0v) is 10.4. The van der Waals surface area contributed by atoms with Gasteiger partial charge >= 0.3 is 67.3 Å². The molecule has 0 aromatic carbocycles. The average molecular weight is 270 g/mol. The number of hydrogen-bond acceptors (Lipinski definition) is 0. The summed E-state index contributed by atoms with van der Waals surface area (Å²) in [6, 6.07) is 0. The van der Waals surface area contributed by atoms with E-state index in [9.17, 15) is 0 Å². The summed E-state index contributed by atoms with van der Waals surface area (Å²) in [5.74, 6) is 0. The number of halogens is 2. The van der Waals surface area contributed by atoms with Gasteiger partial charge in [0.15, 0.2) is 0 Å². The number of hydrogen-bond donors (Lipinski definition) is 0. The van der Waals surface area contributed by atoms with Gasteiger partial charge in [-0.05, 0) is 0 Å². The van der Waals surface area contributed by atoms with Gasteiger partial charge < -0.3 is 41.0 Å². The Balaban J connectivity index is 0. The fraction of sp³-hybridized carbons (Fsp3) is 0. The van der Waals surface area contributed by atoms with Crippen molar-refractivity contribution in [2.24, 2.45) is 0 Å². The van der Waals surface area contributed by atoms with E-state index in [-0.39, 0.29) is 108 Å². The van der Waals surface area contributed by atoms with Crippen LogP contribution in [0, 0.1) is 0 Å². The summed E-state index contributed by atoms with van der Waals surface area (Å²) < 4.78 is 0. The predicted octanol–water partition coefficient (Wildman–Crippen LogP) is -9.37. The quantitative estimate of drug-likeness (QED) is 0.303. The second-order valence-electron chi connectivity index (χ2n) is 0. The third-order valence-corrected chi connectivity index (χ3v) is 0. The van der Waals surface area contributed by atoms with Crippen molar-refractivity contribution in [3.8, 4) is 0 Å². The first-order chi connectivity index (χ1) is 0. The minimum Gasteiger partial charge on any atom is -1.00 e. The molecule has 4 heteroatoms. The first-order valence-electron chi connectivity index (χ1n) is 0. The van der Waals surface area contributed by atoms with E-state index in [0.717, 1.165) is 0 Å². The molecule has 0 radical (unpaired) electrons. The summed E-state index contributed by atoms with van der Waals surface area (Å²) in [6.45, 7) is 0. The van der Waals surface area contributed by atoms with Crippen LogP contribution in [0.3, 0.4) is 0 Å². The Bertz CT molecular complexity index is 8.00. The average Bonchev–Trinajstić information content (AvgIpc) is 0. The summed E-state index contributed by atoms with van der Waals surface area (Å²) in [6.07, 6.45) is 0. The van der Waals surface area contributed by atoms with Gasteiger partial charge in [-0.1, -0.05) is 0 Å². The summed E-state index contributed by atoms with van der Waals surface area (Å²) in [4.78, 5) is 0. The Labute approximate surface area is 106 Å². The molecule has 0 aromatic heterocycles. The Kier molecular flexibility index (Phi) is 104. The molecule has 16 valence electrons. The molecular weight excluding hydrogens is 270 g/mol. The fourth-order valence-corrected chi connectivity index (χ4v) is 0. The molecule has 0 atom stereocenters. The minimum absolute atomic E-state index is 0. The van der Waals surface area contributed by atoms with Gasteiger partial charge in [-0.15, -0.1) is 0 Å². The van der Waals surface area contributed by atoms with E-state index in [1.807, 2.05) is 0 Å². The van der Waals surface area contributed by atoms with Crippen molar-refractivity contribution in [2.75, 3.05) is 0 Å². The molecule has 0 aromatic rings. The van der Waals surface area contributed by atoms with Gasteiger partial charge in [-0.25, -0.2) is 0 Å². The molecule has 0 aliphatic carbocycles. The zero-order chi connectivity index (χ0) is 0. The molecule has 0 spiro atoms. The van der Waals surface area contributed by atoms with Crippen LogP contribution in [-0.4, -0.2) is 37.7 Å². The molecule has 0 aliphatic rings. The number of rotatable bonds is 0. The molecule has 0 heterocycles. The van der Waals surface area contributed by atoms with Gasteiger partial charge in [0, 0.05) is 0 Å². The molecule has 0 amide bonds. The largest absolute Gasteiger partial charge is 2.00 e. The van der Waals surface area contributed by atoms with Gasteiger partial charge in [0.1, 0.15) is 0 Å². The van der Waals surface area contributed by atoms with Crippen LogP contribution in [-0.2, 0) is 0 Å². The predicted molar refractivity (Wildman–Crippen MR) is 5.75 cm³/mol.